The average molecular weight is 489 g/mol. The zero-order valence-corrected chi connectivity index (χ0v) is 19.7. The summed E-state index contributed by atoms with van der Waals surface area (Å²) in [4.78, 5) is 38.4. The molecule has 1 aliphatic heterocycles. The van der Waals surface area contributed by atoms with Gasteiger partial charge in [-0.05, 0) is 23.8 Å². The maximum atomic E-state index is 11.9. The van der Waals surface area contributed by atoms with Gasteiger partial charge in [0.25, 0.3) is 5.69 Å². The number of nitrogens with zero attached hydrogens (tertiary/aromatic N) is 3. The monoisotopic (exact) mass is 489 g/mol. The van der Waals surface area contributed by atoms with Gasteiger partial charge in [0.05, 0.1) is 26.3 Å². The minimum atomic E-state index is -0.894. The van der Waals surface area contributed by atoms with Crippen molar-refractivity contribution in [3.05, 3.63) is 58.1 Å². The Balaban J connectivity index is 1.73. The number of piperazine rings is 1. The molecule has 1 unspecified atom stereocenters. The fraction of sp³-hybridized carbons (Fsp3) is 0.391. The normalized spacial score (nSPS) is 14.5. The van der Waals surface area contributed by atoms with Crippen LogP contribution in [0.2, 0.25) is 0 Å². The number of hydrogen-bond donors (Lipinski definition) is 0. The molecule has 35 heavy (non-hydrogen) atoms. The van der Waals surface area contributed by atoms with Gasteiger partial charge in [-0.25, -0.2) is 9.59 Å². The molecule has 2 aromatic carbocycles. The van der Waals surface area contributed by atoms with Crippen LogP contribution in [0.1, 0.15) is 11.7 Å². The molecule has 3 rings (SSSR count). The first-order valence-electron chi connectivity index (χ1n) is 10.7. The number of carbonyl (C=O) groups is 2. The van der Waals surface area contributed by atoms with E-state index in [-0.39, 0.29) is 22.1 Å². The first-order valence-corrected chi connectivity index (χ1v) is 10.7. The maximum absolute atomic E-state index is 11.9. The van der Waals surface area contributed by atoms with Crippen LogP contribution in [0.15, 0.2) is 42.5 Å². The van der Waals surface area contributed by atoms with E-state index < -0.39 is 18.4 Å². The average Bonchev–Trinajstić information content (AvgIpc) is 2.88. The van der Waals surface area contributed by atoms with Gasteiger partial charge in [0.2, 0.25) is 0 Å². The molecular weight excluding hydrogens is 462 g/mol. The molecule has 1 fully saturated rings. The number of benzene rings is 2. The topological polar surface area (TPSA) is 130 Å². The summed E-state index contributed by atoms with van der Waals surface area (Å²) in [7, 11) is 3.83. The predicted molar refractivity (Wildman–Crippen MR) is 124 cm³/mol. The summed E-state index contributed by atoms with van der Waals surface area (Å²) < 4.78 is 25.1. The molecule has 1 saturated heterocycles. The van der Waals surface area contributed by atoms with Crippen molar-refractivity contribution < 1.29 is 38.2 Å². The number of nitro groups is 1. The third kappa shape index (κ3) is 6.51. The number of hydrogen-bond acceptors (Lipinski definition) is 11. The lowest BCUT2D eigenvalue weighted by Crippen LogP contribution is -2.48. The highest BCUT2D eigenvalue weighted by atomic mass is 16.7. The van der Waals surface area contributed by atoms with Crippen LogP contribution in [-0.2, 0) is 14.2 Å². The summed E-state index contributed by atoms with van der Waals surface area (Å²) in [5.74, 6) is 0.408. The van der Waals surface area contributed by atoms with E-state index >= 15 is 0 Å². The third-order valence-corrected chi connectivity index (χ3v) is 5.54. The first kappa shape index (κ1) is 25.6. The van der Waals surface area contributed by atoms with Crippen LogP contribution >= 0.6 is 0 Å². The lowest BCUT2D eigenvalue weighted by Gasteiger charge is -2.37. The molecule has 0 saturated carbocycles. The van der Waals surface area contributed by atoms with E-state index in [4.69, 9.17) is 14.2 Å². The molecule has 0 bridgehead atoms. The molecular formula is C23H27N3O9. The second-order valence-electron chi connectivity index (χ2n) is 7.56. The molecule has 1 heterocycles. The van der Waals surface area contributed by atoms with Crippen molar-refractivity contribution in [3.8, 4) is 11.5 Å². The molecule has 12 heteroatoms. The number of nitro benzene ring substituents is 1. The van der Waals surface area contributed by atoms with E-state index in [9.17, 15) is 19.7 Å². The zero-order valence-electron chi connectivity index (χ0n) is 19.7. The van der Waals surface area contributed by atoms with Gasteiger partial charge in [0.15, 0.2) is 11.5 Å². The van der Waals surface area contributed by atoms with Crippen LogP contribution in [0, 0.1) is 10.1 Å². The molecule has 0 aromatic heterocycles. The molecule has 12 nitrogen and oxygen atoms in total. The van der Waals surface area contributed by atoms with E-state index in [1.165, 1.54) is 33.5 Å². The van der Waals surface area contributed by atoms with Gasteiger partial charge in [-0.2, -0.15) is 0 Å². The Bertz CT molecular complexity index is 1050. The molecule has 0 amide bonds. The summed E-state index contributed by atoms with van der Waals surface area (Å²) in [5, 5.41) is 11.4. The summed E-state index contributed by atoms with van der Waals surface area (Å²) in [6.07, 6.45) is -2.45. The quantitative estimate of drug-likeness (QED) is 0.234. The molecule has 0 N–H and O–H groups in total. The van der Waals surface area contributed by atoms with Gasteiger partial charge in [0, 0.05) is 38.8 Å². The number of methoxy groups -OCH3 is 3. The van der Waals surface area contributed by atoms with E-state index in [0.717, 1.165) is 0 Å². The van der Waals surface area contributed by atoms with Gasteiger partial charge in [-0.3, -0.25) is 15.0 Å². The van der Waals surface area contributed by atoms with Gasteiger partial charge in [-0.1, -0.05) is 18.2 Å². The third-order valence-electron chi connectivity index (χ3n) is 5.54. The zero-order chi connectivity index (χ0) is 25.4. The predicted octanol–water partition coefficient (Wildman–Crippen LogP) is 3.39. The van der Waals surface area contributed by atoms with Crippen LogP contribution in [0.3, 0.4) is 0 Å². The van der Waals surface area contributed by atoms with E-state index in [0.29, 0.717) is 44.0 Å². The Hall–Kier alpha value is -4.06. The van der Waals surface area contributed by atoms with Gasteiger partial charge < -0.3 is 28.6 Å². The summed E-state index contributed by atoms with van der Waals surface area (Å²) >= 11 is 0. The van der Waals surface area contributed by atoms with Crippen molar-refractivity contribution in [2.75, 3.05) is 59.0 Å². The number of rotatable bonds is 8. The molecule has 1 atom stereocenters. The van der Waals surface area contributed by atoms with Crippen molar-refractivity contribution in [1.82, 2.24) is 4.90 Å². The van der Waals surface area contributed by atoms with Crippen LogP contribution in [-0.4, -0.2) is 76.2 Å². The Labute approximate surface area is 202 Å². The second-order valence-corrected chi connectivity index (χ2v) is 7.56. The number of ether oxygens (including phenoxy) is 5. The van der Waals surface area contributed by atoms with Crippen LogP contribution in [0.4, 0.5) is 21.0 Å². The lowest BCUT2D eigenvalue weighted by molar-refractivity contribution is -0.384. The van der Waals surface area contributed by atoms with Gasteiger partial charge in [0.1, 0.15) is 11.8 Å². The maximum Gasteiger partial charge on any atom is 0.513 e. The smallest absolute Gasteiger partial charge is 0.493 e. The van der Waals surface area contributed by atoms with Gasteiger partial charge >= 0.3 is 12.3 Å². The minimum Gasteiger partial charge on any atom is -0.493 e. The fourth-order valence-electron chi connectivity index (χ4n) is 3.77. The highest BCUT2D eigenvalue weighted by Gasteiger charge is 2.27. The largest absolute Gasteiger partial charge is 0.513 e. The molecule has 0 aliphatic carbocycles. The number of carbonyl (C=O) groups excluding carboxylic acids is 2. The highest BCUT2D eigenvalue weighted by molar-refractivity contribution is 5.66. The minimum absolute atomic E-state index is 0.0641. The molecule has 1 aliphatic rings. The van der Waals surface area contributed by atoms with Crippen molar-refractivity contribution in [2.24, 2.45) is 0 Å². The van der Waals surface area contributed by atoms with Crippen molar-refractivity contribution in [2.45, 2.75) is 6.10 Å². The highest BCUT2D eigenvalue weighted by Crippen LogP contribution is 2.33. The summed E-state index contributed by atoms with van der Waals surface area (Å²) in [6, 6.07) is 11.4. The first-order chi connectivity index (χ1) is 16.9. The van der Waals surface area contributed by atoms with Crippen LogP contribution in [0.25, 0.3) is 0 Å². The Morgan fingerprint density at radius 2 is 1.66 bits per heavy atom. The van der Waals surface area contributed by atoms with Crippen LogP contribution < -0.4 is 14.4 Å². The molecule has 2 aromatic rings. The summed E-state index contributed by atoms with van der Waals surface area (Å²) in [5.41, 5.74) is 1.24. The Morgan fingerprint density at radius 3 is 2.29 bits per heavy atom. The summed E-state index contributed by atoms with van der Waals surface area (Å²) in [6.45, 7) is 2.65. The van der Waals surface area contributed by atoms with E-state index in [1.807, 2.05) is 4.90 Å². The van der Waals surface area contributed by atoms with Crippen molar-refractivity contribution in [1.29, 1.82) is 0 Å². The Morgan fingerprint density at radius 1 is 0.971 bits per heavy atom. The van der Waals surface area contributed by atoms with E-state index in [2.05, 4.69) is 14.4 Å². The number of anilines is 1. The van der Waals surface area contributed by atoms with Crippen LogP contribution in [0.5, 0.6) is 11.5 Å². The molecule has 0 spiro atoms. The second kappa shape index (κ2) is 11.9. The van der Waals surface area contributed by atoms with Crippen molar-refractivity contribution in [3.63, 3.8) is 0 Å². The van der Waals surface area contributed by atoms with Crippen molar-refractivity contribution >= 4 is 23.7 Å². The SMILES string of the molecule is COC(=O)Oc1ccc(C(CN2CCN(c3ccccc3[N+](=O)[O-])CC2)OC(=O)OC)cc1OC. The van der Waals surface area contributed by atoms with Gasteiger partial charge in [-0.15, -0.1) is 0 Å². The standard InChI is InChI=1S/C23H27N3O9/c1-31-20-14-16(8-9-19(20)34-22(27)32-2)21(35-23(28)33-3)15-24-10-12-25(13-11-24)17-6-4-5-7-18(17)26(29)30/h4-9,14,21H,10-13,15H2,1-3H3. The van der Waals surface area contributed by atoms with E-state index in [1.54, 1.807) is 30.3 Å². The number of para-hydroxylation sites is 2. The fourth-order valence-corrected chi connectivity index (χ4v) is 3.77. The Kier molecular flexibility index (Phi) is 8.68. The molecule has 0 radical (unpaired) electrons. The molecule has 188 valence electrons. The lowest BCUT2D eigenvalue weighted by atomic mass is 10.1.